The molecule has 2 N–H and O–H groups in total. The van der Waals surface area contributed by atoms with Crippen molar-refractivity contribution < 1.29 is 0 Å². The second-order valence-corrected chi connectivity index (χ2v) is 7.19. The second-order valence-electron chi connectivity index (χ2n) is 7.19. The van der Waals surface area contributed by atoms with Crippen molar-refractivity contribution in [1.82, 2.24) is 30.3 Å². The summed E-state index contributed by atoms with van der Waals surface area (Å²) in [5.74, 6) is 2.93. The van der Waals surface area contributed by atoms with Gasteiger partial charge in [-0.05, 0) is 47.5 Å². The van der Waals surface area contributed by atoms with Crippen LogP contribution in [0.3, 0.4) is 0 Å². The van der Waals surface area contributed by atoms with E-state index in [0.29, 0.717) is 18.6 Å². The van der Waals surface area contributed by atoms with E-state index < -0.39 is 0 Å². The van der Waals surface area contributed by atoms with Crippen LogP contribution < -0.4 is 10.6 Å². The van der Waals surface area contributed by atoms with Gasteiger partial charge in [0, 0.05) is 44.7 Å². The molecule has 0 saturated carbocycles. The average molecular weight is 477 g/mol. The Labute approximate surface area is 175 Å². The lowest BCUT2D eigenvalue weighted by Gasteiger charge is -2.30. The summed E-state index contributed by atoms with van der Waals surface area (Å²) in [7, 11) is 0. The maximum Gasteiger partial charge on any atom is 0.191 e. The zero-order chi connectivity index (χ0) is 18.2. The molecular weight excluding hydrogens is 441 g/mol. The van der Waals surface area contributed by atoms with Gasteiger partial charge in [-0.15, -0.1) is 34.2 Å². The minimum Gasteiger partial charge on any atom is -0.357 e. The third kappa shape index (κ3) is 6.68. The van der Waals surface area contributed by atoms with E-state index in [1.165, 1.54) is 12.8 Å². The molecule has 0 unspecified atom stereocenters. The van der Waals surface area contributed by atoms with E-state index in [4.69, 9.17) is 4.99 Å². The van der Waals surface area contributed by atoms with Crippen LogP contribution in [0, 0.1) is 0 Å². The van der Waals surface area contributed by atoms with Crippen molar-refractivity contribution in [2.75, 3.05) is 19.6 Å². The number of aliphatic imine (C=N–C) groups is 1. The lowest BCUT2D eigenvalue weighted by molar-refractivity contribution is 0.178. The molecule has 26 heavy (non-hydrogen) atoms. The number of aryl methyl sites for hydroxylation is 1. The molecule has 0 atom stereocenters. The molecule has 0 amide bonds. The lowest BCUT2D eigenvalue weighted by atomic mass is 10.2. The van der Waals surface area contributed by atoms with Crippen LogP contribution in [0.2, 0.25) is 0 Å². The van der Waals surface area contributed by atoms with Gasteiger partial charge in [-0.1, -0.05) is 0 Å². The van der Waals surface area contributed by atoms with Crippen LogP contribution in [0.5, 0.6) is 0 Å². The average Bonchev–Trinajstić information content (AvgIpc) is 2.99. The monoisotopic (exact) mass is 477 g/mol. The number of nitrogens with one attached hydrogen (secondary N) is 2. The smallest absolute Gasteiger partial charge is 0.191 e. The zero-order valence-corrected chi connectivity index (χ0v) is 19.3. The van der Waals surface area contributed by atoms with Gasteiger partial charge in [-0.25, -0.2) is 4.99 Å². The summed E-state index contributed by atoms with van der Waals surface area (Å²) < 4.78 is 2.23. The summed E-state index contributed by atoms with van der Waals surface area (Å²) in [6.07, 6.45) is 3.46. The normalized spacial score (nSPS) is 14.5. The summed E-state index contributed by atoms with van der Waals surface area (Å²) in [5.41, 5.74) is 0. The van der Waals surface area contributed by atoms with Crippen molar-refractivity contribution in [1.29, 1.82) is 0 Å². The summed E-state index contributed by atoms with van der Waals surface area (Å²) in [6, 6.07) is 1.09. The Balaban J connectivity index is 0.00000338. The number of aromatic nitrogens is 3. The summed E-state index contributed by atoms with van der Waals surface area (Å²) in [4.78, 5) is 7.18. The van der Waals surface area contributed by atoms with Gasteiger partial charge in [-0.3, -0.25) is 4.90 Å². The molecule has 2 heterocycles. The van der Waals surface area contributed by atoms with Crippen molar-refractivity contribution in [3.63, 3.8) is 0 Å². The number of halogens is 1. The molecule has 0 fully saturated rings. The van der Waals surface area contributed by atoms with Gasteiger partial charge < -0.3 is 15.2 Å². The molecule has 0 aromatic carbocycles. The van der Waals surface area contributed by atoms with E-state index in [1.54, 1.807) is 0 Å². The largest absolute Gasteiger partial charge is 0.357 e. The first-order chi connectivity index (χ1) is 12.0. The van der Waals surface area contributed by atoms with Gasteiger partial charge in [0.2, 0.25) is 0 Å². The number of rotatable bonds is 8. The molecule has 0 bridgehead atoms. The summed E-state index contributed by atoms with van der Waals surface area (Å²) >= 11 is 0. The molecule has 1 aromatic heterocycles. The van der Waals surface area contributed by atoms with Crippen LogP contribution in [0.4, 0.5) is 0 Å². The molecule has 1 aliphatic heterocycles. The topological polar surface area (TPSA) is 70.4 Å². The lowest BCUT2D eigenvalue weighted by Crippen LogP contribution is -2.45. The minimum atomic E-state index is 0. The van der Waals surface area contributed by atoms with Crippen LogP contribution in [-0.2, 0) is 19.5 Å². The molecule has 0 aliphatic carbocycles. The Hall–Kier alpha value is -0.900. The number of fused-ring (bicyclic) bond motifs is 1. The highest BCUT2D eigenvalue weighted by molar-refractivity contribution is 14.0. The minimum absolute atomic E-state index is 0. The number of guanidine groups is 1. The van der Waals surface area contributed by atoms with E-state index in [9.17, 15) is 0 Å². The van der Waals surface area contributed by atoms with Crippen molar-refractivity contribution in [3.8, 4) is 0 Å². The molecule has 8 heteroatoms. The van der Waals surface area contributed by atoms with Crippen LogP contribution in [-0.4, -0.2) is 57.3 Å². The predicted molar refractivity (Wildman–Crippen MR) is 118 cm³/mol. The second kappa shape index (κ2) is 11.7. The van der Waals surface area contributed by atoms with Gasteiger partial charge >= 0.3 is 0 Å². The highest BCUT2D eigenvalue weighted by atomic mass is 127. The fraction of sp³-hybridized carbons (Fsp3) is 0.833. The van der Waals surface area contributed by atoms with Gasteiger partial charge in [0.1, 0.15) is 12.4 Å². The molecule has 1 aliphatic rings. The zero-order valence-electron chi connectivity index (χ0n) is 17.0. The van der Waals surface area contributed by atoms with E-state index >= 15 is 0 Å². The molecule has 0 spiro atoms. The molecule has 7 nitrogen and oxygen atoms in total. The Morgan fingerprint density at radius 1 is 1.15 bits per heavy atom. The molecule has 0 radical (unpaired) electrons. The Kier molecular flexibility index (Phi) is 10.4. The Morgan fingerprint density at radius 3 is 2.54 bits per heavy atom. The van der Waals surface area contributed by atoms with Crippen molar-refractivity contribution >= 4 is 29.9 Å². The van der Waals surface area contributed by atoms with Crippen LogP contribution >= 0.6 is 24.0 Å². The Morgan fingerprint density at radius 2 is 1.88 bits per heavy atom. The first kappa shape index (κ1) is 23.1. The highest BCUT2D eigenvalue weighted by Gasteiger charge is 2.16. The standard InChI is InChI=1S/C18H35N7.HI/c1-6-19-18(20-10-12-24(14(2)3)15(4)5)21-13-17-23-22-16-9-7-8-11-25(16)17;/h14-15H,6-13H2,1-5H3,(H2,19,20,21);1H. The maximum atomic E-state index is 4.70. The predicted octanol–water partition coefficient (Wildman–Crippen LogP) is 2.41. The third-order valence-corrected chi connectivity index (χ3v) is 4.65. The van der Waals surface area contributed by atoms with Gasteiger partial charge in [0.25, 0.3) is 0 Å². The maximum absolute atomic E-state index is 4.70. The van der Waals surface area contributed by atoms with Crippen molar-refractivity contribution in [2.24, 2.45) is 4.99 Å². The number of nitrogens with zero attached hydrogens (tertiary/aromatic N) is 5. The van der Waals surface area contributed by atoms with E-state index in [2.05, 4.69) is 64.9 Å². The van der Waals surface area contributed by atoms with Crippen LogP contribution in [0.15, 0.2) is 4.99 Å². The molecule has 2 rings (SSSR count). The fourth-order valence-electron chi connectivity index (χ4n) is 3.39. The van der Waals surface area contributed by atoms with Crippen LogP contribution in [0.1, 0.15) is 59.1 Å². The van der Waals surface area contributed by atoms with Crippen molar-refractivity contribution in [2.45, 2.75) is 79.1 Å². The number of hydrogen-bond acceptors (Lipinski definition) is 4. The highest BCUT2D eigenvalue weighted by Crippen LogP contribution is 2.14. The van der Waals surface area contributed by atoms with Crippen molar-refractivity contribution in [3.05, 3.63) is 11.6 Å². The van der Waals surface area contributed by atoms with Gasteiger partial charge in [-0.2, -0.15) is 0 Å². The van der Waals surface area contributed by atoms with Gasteiger partial charge in [0.15, 0.2) is 11.8 Å². The summed E-state index contributed by atoms with van der Waals surface area (Å²) in [6.45, 7) is 15.4. The first-order valence-electron chi connectivity index (χ1n) is 9.71. The molecule has 150 valence electrons. The van der Waals surface area contributed by atoms with E-state index in [1.807, 2.05) is 0 Å². The van der Waals surface area contributed by atoms with E-state index in [0.717, 1.165) is 50.2 Å². The molecule has 1 aromatic rings. The molecular formula is C18H36IN7. The quantitative estimate of drug-likeness (QED) is 0.342. The van der Waals surface area contributed by atoms with Gasteiger partial charge in [0.05, 0.1) is 0 Å². The fourth-order valence-corrected chi connectivity index (χ4v) is 3.39. The third-order valence-electron chi connectivity index (χ3n) is 4.65. The van der Waals surface area contributed by atoms with Crippen LogP contribution in [0.25, 0.3) is 0 Å². The Bertz CT molecular complexity index is 546. The summed E-state index contributed by atoms with van der Waals surface area (Å²) in [5, 5.41) is 15.4. The first-order valence-corrected chi connectivity index (χ1v) is 9.71. The number of hydrogen-bond donors (Lipinski definition) is 2. The molecule has 0 saturated heterocycles. The van der Waals surface area contributed by atoms with E-state index in [-0.39, 0.29) is 24.0 Å². The SMILES string of the molecule is CCNC(=NCc1nnc2n1CCCC2)NCCN(C(C)C)C(C)C.I.